The van der Waals surface area contributed by atoms with Crippen LogP contribution in [0.3, 0.4) is 0 Å². The molecule has 9 heavy (non-hydrogen) atoms. The minimum atomic E-state index is 0.918. The lowest BCUT2D eigenvalue weighted by Crippen LogP contribution is -1.79. The monoisotopic (exact) mass is 120 g/mol. The summed E-state index contributed by atoms with van der Waals surface area (Å²) in [6, 6.07) is 3.10. The molecule has 0 aliphatic rings. The van der Waals surface area contributed by atoms with Gasteiger partial charge in [0.05, 0.1) is 0 Å². The predicted octanol–water partition coefficient (Wildman–Crippen LogP) is 1.55. The molecule has 1 nitrogen and oxygen atoms in total. The standard InChI is InChI=1S/C8H10N/c1-3-4-8-5-6-9(2)7-8/h3,6-7H,1,4H2,2H3. The first-order valence-corrected chi connectivity index (χ1v) is 2.96. The van der Waals surface area contributed by atoms with Gasteiger partial charge in [-0.05, 0) is 12.0 Å². The summed E-state index contributed by atoms with van der Waals surface area (Å²) in [6.07, 6.45) is 6.76. The molecule has 0 spiro atoms. The van der Waals surface area contributed by atoms with E-state index < -0.39 is 0 Å². The lowest BCUT2D eigenvalue weighted by atomic mass is 10.2. The molecule has 1 heteroatoms. The molecule has 0 unspecified atom stereocenters. The SMILES string of the molecule is C=CCc1[c]cn(C)c1. The van der Waals surface area contributed by atoms with Gasteiger partial charge >= 0.3 is 0 Å². The molecule has 0 aliphatic heterocycles. The fraction of sp³-hybridized carbons (Fsp3) is 0.250. The molecule has 0 atom stereocenters. The van der Waals surface area contributed by atoms with Crippen molar-refractivity contribution in [3.8, 4) is 0 Å². The molecular formula is C8H10N. The molecule has 1 aromatic heterocycles. The van der Waals surface area contributed by atoms with Crippen LogP contribution in [-0.4, -0.2) is 4.57 Å². The van der Waals surface area contributed by atoms with Crippen molar-refractivity contribution in [2.24, 2.45) is 7.05 Å². The minimum absolute atomic E-state index is 0.918. The van der Waals surface area contributed by atoms with Crippen LogP contribution in [0.4, 0.5) is 0 Å². The fourth-order valence-corrected chi connectivity index (χ4v) is 0.772. The van der Waals surface area contributed by atoms with Gasteiger partial charge < -0.3 is 4.57 Å². The van der Waals surface area contributed by atoms with E-state index in [9.17, 15) is 0 Å². The van der Waals surface area contributed by atoms with E-state index in [0.29, 0.717) is 0 Å². The molecule has 1 heterocycles. The van der Waals surface area contributed by atoms with Gasteiger partial charge in [-0.2, -0.15) is 0 Å². The fourth-order valence-electron chi connectivity index (χ4n) is 0.772. The highest BCUT2D eigenvalue weighted by molar-refractivity contribution is 5.10. The normalized spacial score (nSPS) is 9.44. The summed E-state index contributed by atoms with van der Waals surface area (Å²) < 4.78 is 1.98. The third kappa shape index (κ3) is 1.46. The van der Waals surface area contributed by atoms with E-state index in [1.54, 1.807) is 0 Å². The number of nitrogens with zero attached hydrogens (tertiary/aromatic N) is 1. The minimum Gasteiger partial charge on any atom is -0.356 e. The van der Waals surface area contributed by atoms with Crippen LogP contribution in [-0.2, 0) is 13.5 Å². The average molecular weight is 120 g/mol. The number of rotatable bonds is 2. The highest BCUT2D eigenvalue weighted by Crippen LogP contribution is 1.98. The van der Waals surface area contributed by atoms with Crippen molar-refractivity contribution in [1.29, 1.82) is 0 Å². The highest BCUT2D eigenvalue weighted by atomic mass is 14.9. The van der Waals surface area contributed by atoms with Gasteiger partial charge in [0.25, 0.3) is 0 Å². The third-order valence-corrected chi connectivity index (χ3v) is 1.18. The lowest BCUT2D eigenvalue weighted by Gasteiger charge is -1.85. The maximum atomic E-state index is 3.64. The van der Waals surface area contributed by atoms with Gasteiger partial charge in [-0.25, -0.2) is 0 Å². The van der Waals surface area contributed by atoms with E-state index >= 15 is 0 Å². The summed E-state index contributed by atoms with van der Waals surface area (Å²) in [6.45, 7) is 3.64. The van der Waals surface area contributed by atoms with Gasteiger partial charge in [0.15, 0.2) is 0 Å². The van der Waals surface area contributed by atoms with Gasteiger partial charge in [-0.15, -0.1) is 6.58 Å². The molecule has 47 valence electrons. The second-order valence-corrected chi connectivity index (χ2v) is 2.09. The molecule has 0 amide bonds. The first-order valence-electron chi connectivity index (χ1n) is 2.96. The molecular weight excluding hydrogens is 110 g/mol. The molecule has 0 fully saturated rings. The Morgan fingerprint density at radius 1 is 1.89 bits per heavy atom. The Morgan fingerprint density at radius 3 is 3.11 bits per heavy atom. The van der Waals surface area contributed by atoms with Crippen molar-refractivity contribution < 1.29 is 0 Å². The van der Waals surface area contributed by atoms with Gasteiger partial charge in [0, 0.05) is 25.5 Å². The van der Waals surface area contributed by atoms with Crippen molar-refractivity contribution in [3.63, 3.8) is 0 Å². The first-order chi connectivity index (χ1) is 4.33. The summed E-state index contributed by atoms with van der Waals surface area (Å²) in [5, 5.41) is 0. The molecule has 1 rings (SSSR count). The van der Waals surface area contributed by atoms with E-state index in [-0.39, 0.29) is 0 Å². The Labute approximate surface area is 55.6 Å². The quantitative estimate of drug-likeness (QED) is 0.522. The van der Waals surface area contributed by atoms with Crippen molar-refractivity contribution in [2.75, 3.05) is 0 Å². The van der Waals surface area contributed by atoms with Crippen molar-refractivity contribution in [2.45, 2.75) is 6.42 Å². The third-order valence-electron chi connectivity index (χ3n) is 1.18. The Balaban J connectivity index is 2.72. The molecule has 0 aromatic carbocycles. The van der Waals surface area contributed by atoms with E-state index in [0.717, 1.165) is 6.42 Å². The maximum absolute atomic E-state index is 3.64. The molecule has 0 bridgehead atoms. The van der Waals surface area contributed by atoms with Crippen LogP contribution >= 0.6 is 0 Å². The second kappa shape index (κ2) is 2.53. The van der Waals surface area contributed by atoms with Gasteiger partial charge in [0.1, 0.15) is 0 Å². The van der Waals surface area contributed by atoms with Gasteiger partial charge in [0.2, 0.25) is 0 Å². The number of allylic oxidation sites excluding steroid dienone is 1. The van der Waals surface area contributed by atoms with E-state index in [2.05, 4.69) is 12.6 Å². The van der Waals surface area contributed by atoms with Crippen LogP contribution < -0.4 is 0 Å². The zero-order valence-electron chi connectivity index (χ0n) is 5.59. The molecule has 0 N–H and O–H groups in total. The van der Waals surface area contributed by atoms with Crippen molar-refractivity contribution in [1.82, 2.24) is 4.57 Å². The Kier molecular flexibility index (Phi) is 1.73. The summed E-state index contributed by atoms with van der Waals surface area (Å²) >= 11 is 0. The highest BCUT2D eigenvalue weighted by Gasteiger charge is 1.88. The van der Waals surface area contributed by atoms with Crippen LogP contribution in [0.2, 0.25) is 0 Å². The topological polar surface area (TPSA) is 4.93 Å². The molecule has 1 aromatic rings. The number of aryl methyl sites for hydroxylation is 1. The van der Waals surface area contributed by atoms with Crippen LogP contribution in [0.15, 0.2) is 25.0 Å². The number of aromatic nitrogens is 1. The number of hydrogen-bond acceptors (Lipinski definition) is 0. The molecule has 0 saturated heterocycles. The molecule has 0 saturated carbocycles. The molecule has 1 radical (unpaired) electrons. The van der Waals surface area contributed by atoms with Gasteiger partial charge in [-0.1, -0.05) is 6.08 Å². The Hall–Kier alpha value is -0.980. The Morgan fingerprint density at radius 2 is 2.67 bits per heavy atom. The summed E-state index contributed by atoms with van der Waals surface area (Å²) in [4.78, 5) is 0. The van der Waals surface area contributed by atoms with E-state index in [1.165, 1.54) is 5.56 Å². The zero-order chi connectivity index (χ0) is 6.69. The van der Waals surface area contributed by atoms with Crippen LogP contribution in [0, 0.1) is 6.07 Å². The van der Waals surface area contributed by atoms with E-state index in [4.69, 9.17) is 0 Å². The maximum Gasteiger partial charge on any atom is 0.0114 e. The van der Waals surface area contributed by atoms with Crippen molar-refractivity contribution in [3.05, 3.63) is 36.7 Å². The zero-order valence-corrected chi connectivity index (χ0v) is 5.59. The van der Waals surface area contributed by atoms with Crippen LogP contribution in [0.5, 0.6) is 0 Å². The largest absolute Gasteiger partial charge is 0.356 e. The summed E-state index contributed by atoms with van der Waals surface area (Å²) in [7, 11) is 1.99. The second-order valence-electron chi connectivity index (χ2n) is 2.09. The predicted molar refractivity (Wildman–Crippen MR) is 38.2 cm³/mol. The summed E-state index contributed by atoms with van der Waals surface area (Å²) in [5.41, 5.74) is 1.20. The van der Waals surface area contributed by atoms with E-state index in [1.807, 2.05) is 30.1 Å². The average Bonchev–Trinajstić information content (AvgIpc) is 2.17. The summed E-state index contributed by atoms with van der Waals surface area (Å²) in [5.74, 6) is 0. The Bertz CT molecular complexity index is 198. The van der Waals surface area contributed by atoms with Gasteiger partial charge in [-0.3, -0.25) is 0 Å². The van der Waals surface area contributed by atoms with Crippen molar-refractivity contribution >= 4 is 0 Å². The molecule has 0 aliphatic carbocycles. The van der Waals surface area contributed by atoms with Crippen LogP contribution in [0.25, 0.3) is 0 Å². The smallest absolute Gasteiger partial charge is 0.0114 e. The number of hydrogen-bond donors (Lipinski definition) is 0. The lowest BCUT2D eigenvalue weighted by molar-refractivity contribution is 0.922. The van der Waals surface area contributed by atoms with Crippen LogP contribution in [0.1, 0.15) is 5.56 Å². The first kappa shape index (κ1) is 6.14.